The van der Waals surface area contributed by atoms with Crippen molar-refractivity contribution in [2.24, 2.45) is 5.92 Å². The van der Waals surface area contributed by atoms with Gasteiger partial charge in [0, 0.05) is 0 Å². The number of hydrogen-bond acceptors (Lipinski definition) is 15. The maximum absolute atomic E-state index is 12.9. The lowest BCUT2D eigenvalue weighted by molar-refractivity contribution is -0.153. The van der Waals surface area contributed by atoms with Crippen LogP contribution in [-0.2, 0) is 57.0 Å². The van der Waals surface area contributed by atoms with E-state index in [0.29, 0.717) is 38.9 Å². The van der Waals surface area contributed by atoms with Gasteiger partial charge in [-0.2, -0.15) is 0 Å². The standard InChI is InChI=1S/C37H48O15/c1-5-43-14-9-11-16-48-33(38)28-29(34(39)49-17-12-10-15-44-6-2)13-18-47-21-24-52-37(42)32-26-30(35(40)50-22-19-45-7-3)25-31(27-32)36(41)51-23-20-46-8-4/h5-8,13,18,25-27,29H,1-4,9-12,14-17,19-24,28H2/b18-13+. The number of benzene rings is 1. The summed E-state index contributed by atoms with van der Waals surface area (Å²) in [4.78, 5) is 63.3. The van der Waals surface area contributed by atoms with Gasteiger partial charge in [-0.25, -0.2) is 14.4 Å². The van der Waals surface area contributed by atoms with Gasteiger partial charge in [-0.3, -0.25) is 9.59 Å². The first kappa shape index (κ1) is 44.3. The fourth-order valence-electron chi connectivity index (χ4n) is 3.84. The topological polar surface area (TPSA) is 178 Å². The molecule has 0 aliphatic rings. The van der Waals surface area contributed by atoms with E-state index in [-0.39, 0.29) is 76.0 Å². The van der Waals surface area contributed by atoms with Crippen LogP contribution in [0.25, 0.3) is 0 Å². The normalized spacial score (nSPS) is 10.8. The van der Waals surface area contributed by atoms with Crippen molar-refractivity contribution >= 4 is 29.8 Å². The number of unbranched alkanes of at least 4 members (excludes halogenated alkanes) is 2. The Morgan fingerprint density at radius 1 is 0.481 bits per heavy atom. The summed E-state index contributed by atoms with van der Waals surface area (Å²) in [5.74, 6) is -4.78. The van der Waals surface area contributed by atoms with E-state index in [2.05, 4.69) is 26.3 Å². The Labute approximate surface area is 303 Å². The van der Waals surface area contributed by atoms with E-state index in [0.717, 1.165) is 0 Å². The van der Waals surface area contributed by atoms with Crippen LogP contribution in [0.3, 0.4) is 0 Å². The molecule has 0 amide bonds. The molecule has 1 atom stereocenters. The summed E-state index contributed by atoms with van der Waals surface area (Å²) in [7, 11) is 0. The summed E-state index contributed by atoms with van der Waals surface area (Å²) in [6.07, 6.45) is 9.67. The molecule has 0 N–H and O–H groups in total. The Morgan fingerprint density at radius 2 is 0.865 bits per heavy atom. The van der Waals surface area contributed by atoms with Crippen molar-refractivity contribution in [3.8, 4) is 0 Å². The van der Waals surface area contributed by atoms with E-state index >= 15 is 0 Å². The van der Waals surface area contributed by atoms with Crippen LogP contribution in [-0.4, -0.2) is 95.9 Å². The molecule has 0 aromatic heterocycles. The molecular formula is C37H48O15. The Kier molecular flexibility index (Phi) is 24.7. The number of hydrogen-bond donors (Lipinski definition) is 0. The van der Waals surface area contributed by atoms with Gasteiger partial charge >= 0.3 is 29.8 Å². The molecule has 15 heteroatoms. The van der Waals surface area contributed by atoms with Crippen LogP contribution in [0.2, 0.25) is 0 Å². The zero-order valence-electron chi connectivity index (χ0n) is 29.3. The molecule has 0 saturated carbocycles. The summed E-state index contributed by atoms with van der Waals surface area (Å²) in [5.41, 5.74) is -0.346. The fourth-order valence-corrected chi connectivity index (χ4v) is 3.84. The van der Waals surface area contributed by atoms with Crippen LogP contribution in [0.1, 0.15) is 63.2 Å². The molecule has 0 fully saturated rings. The molecule has 0 heterocycles. The highest BCUT2D eigenvalue weighted by Crippen LogP contribution is 2.15. The minimum Gasteiger partial charge on any atom is -0.502 e. The first-order valence-corrected chi connectivity index (χ1v) is 16.4. The highest BCUT2D eigenvalue weighted by molar-refractivity contribution is 6.00. The minimum atomic E-state index is -1.00. The lowest BCUT2D eigenvalue weighted by atomic mass is 10.1. The average molecular weight is 733 g/mol. The SMILES string of the molecule is C=COCCCCOC(=O)CC(/C=C/OCCOC(=O)c1cc(C(=O)OCCOC=C)cc(C(=O)OCCOC=C)c1)C(=O)OCCCCOC=C. The van der Waals surface area contributed by atoms with Crippen molar-refractivity contribution in [2.75, 3.05) is 66.1 Å². The van der Waals surface area contributed by atoms with Gasteiger partial charge in [0.05, 0.1) is 86.8 Å². The molecule has 1 aromatic carbocycles. The molecule has 0 bridgehead atoms. The zero-order valence-corrected chi connectivity index (χ0v) is 29.3. The number of rotatable bonds is 31. The number of esters is 5. The van der Waals surface area contributed by atoms with Gasteiger partial charge in [-0.05, 0) is 50.0 Å². The predicted molar refractivity (Wildman–Crippen MR) is 185 cm³/mol. The summed E-state index contributed by atoms with van der Waals surface area (Å²) >= 11 is 0. The lowest BCUT2D eigenvalue weighted by Gasteiger charge is -2.13. The van der Waals surface area contributed by atoms with E-state index in [1.54, 1.807) is 0 Å². The van der Waals surface area contributed by atoms with Gasteiger partial charge in [0.15, 0.2) is 0 Å². The van der Waals surface area contributed by atoms with Crippen molar-refractivity contribution in [1.29, 1.82) is 0 Å². The highest BCUT2D eigenvalue weighted by Gasteiger charge is 2.22. The van der Waals surface area contributed by atoms with Crippen molar-refractivity contribution in [3.05, 3.63) is 98.6 Å². The van der Waals surface area contributed by atoms with E-state index in [1.807, 2.05) is 0 Å². The molecule has 0 aliphatic carbocycles. The summed E-state index contributed by atoms with van der Waals surface area (Å²) in [6.45, 7) is 14.3. The van der Waals surface area contributed by atoms with Crippen LogP contribution in [0.5, 0.6) is 0 Å². The molecule has 286 valence electrons. The van der Waals surface area contributed by atoms with Crippen molar-refractivity contribution in [1.82, 2.24) is 0 Å². The van der Waals surface area contributed by atoms with Crippen LogP contribution in [0, 0.1) is 5.92 Å². The molecular weight excluding hydrogens is 684 g/mol. The third kappa shape index (κ3) is 20.7. The second-order valence-electron chi connectivity index (χ2n) is 10.2. The van der Waals surface area contributed by atoms with Crippen molar-refractivity contribution < 1.29 is 71.3 Å². The molecule has 0 radical (unpaired) electrons. The monoisotopic (exact) mass is 732 g/mol. The first-order chi connectivity index (χ1) is 25.3. The van der Waals surface area contributed by atoms with Gasteiger partial charge in [-0.15, -0.1) is 0 Å². The van der Waals surface area contributed by atoms with Crippen LogP contribution in [0.4, 0.5) is 0 Å². The second-order valence-corrected chi connectivity index (χ2v) is 10.2. The van der Waals surface area contributed by atoms with Gasteiger partial charge in [0.2, 0.25) is 0 Å². The molecule has 0 saturated heterocycles. The van der Waals surface area contributed by atoms with Gasteiger partial charge in [-0.1, -0.05) is 26.3 Å². The quantitative estimate of drug-likeness (QED) is 0.0432. The Bertz CT molecular complexity index is 1270. The molecule has 1 rings (SSSR count). The Morgan fingerprint density at radius 3 is 1.31 bits per heavy atom. The summed E-state index contributed by atoms with van der Waals surface area (Å²) in [6, 6.07) is 3.62. The molecule has 52 heavy (non-hydrogen) atoms. The second kappa shape index (κ2) is 29.0. The first-order valence-electron chi connectivity index (χ1n) is 16.4. The van der Waals surface area contributed by atoms with E-state index < -0.39 is 35.8 Å². The third-order valence-electron chi connectivity index (χ3n) is 6.33. The number of carbonyl (C=O) groups excluding carboxylic acids is 5. The van der Waals surface area contributed by atoms with Crippen LogP contribution in [0.15, 0.2) is 81.9 Å². The highest BCUT2D eigenvalue weighted by atomic mass is 16.6. The molecule has 15 nitrogen and oxygen atoms in total. The van der Waals surface area contributed by atoms with E-state index in [9.17, 15) is 24.0 Å². The number of carbonyl (C=O) groups is 5. The Balaban J connectivity index is 2.82. The summed E-state index contributed by atoms with van der Waals surface area (Å²) < 4.78 is 51.4. The molecule has 1 aromatic rings. The minimum absolute atomic E-state index is 0.0504. The summed E-state index contributed by atoms with van der Waals surface area (Å²) in [5, 5.41) is 0. The van der Waals surface area contributed by atoms with E-state index in [4.69, 9.17) is 47.4 Å². The van der Waals surface area contributed by atoms with Crippen molar-refractivity contribution in [3.63, 3.8) is 0 Å². The smallest absolute Gasteiger partial charge is 0.338 e. The van der Waals surface area contributed by atoms with Crippen LogP contribution >= 0.6 is 0 Å². The maximum Gasteiger partial charge on any atom is 0.338 e. The number of ether oxygens (including phenoxy) is 10. The molecule has 0 spiro atoms. The van der Waals surface area contributed by atoms with Gasteiger partial charge in [0.25, 0.3) is 0 Å². The van der Waals surface area contributed by atoms with Crippen molar-refractivity contribution in [2.45, 2.75) is 32.1 Å². The van der Waals surface area contributed by atoms with E-state index in [1.165, 1.54) is 55.6 Å². The fraction of sp³-hybridized carbons (Fsp3) is 0.432. The maximum atomic E-state index is 12.9. The molecule has 0 aliphatic heterocycles. The average Bonchev–Trinajstić information content (AvgIpc) is 3.15. The third-order valence-corrected chi connectivity index (χ3v) is 6.33. The largest absolute Gasteiger partial charge is 0.502 e. The van der Waals surface area contributed by atoms with Gasteiger partial charge in [0.1, 0.15) is 39.6 Å². The Hall–Kier alpha value is -5.73. The predicted octanol–water partition coefficient (Wildman–Crippen LogP) is 4.98. The molecule has 1 unspecified atom stereocenters. The lowest BCUT2D eigenvalue weighted by Crippen LogP contribution is -2.21. The zero-order chi connectivity index (χ0) is 38.2. The van der Waals surface area contributed by atoms with Crippen LogP contribution < -0.4 is 0 Å². The van der Waals surface area contributed by atoms with Gasteiger partial charge < -0.3 is 47.4 Å².